The largest absolute Gasteiger partial charge is 0.356 e. The van der Waals surface area contributed by atoms with Crippen LogP contribution in [-0.2, 0) is 4.79 Å². The molecule has 1 amide bonds. The number of anilines is 1. The zero-order valence-electron chi connectivity index (χ0n) is 19.1. The van der Waals surface area contributed by atoms with Crippen LogP contribution in [-0.4, -0.2) is 65.2 Å². The summed E-state index contributed by atoms with van der Waals surface area (Å²) in [5.41, 5.74) is 1.58. The molecule has 34 heavy (non-hydrogen) atoms. The Hall–Kier alpha value is -2.97. The lowest BCUT2D eigenvalue weighted by Crippen LogP contribution is -2.42. The fraction of sp³-hybridized carbons (Fsp3) is 0.440. The van der Waals surface area contributed by atoms with E-state index in [-0.39, 0.29) is 11.8 Å². The number of nitrogens with one attached hydrogen (secondary N) is 1. The number of halogens is 1. The van der Waals surface area contributed by atoms with E-state index in [2.05, 4.69) is 30.2 Å². The van der Waals surface area contributed by atoms with Crippen molar-refractivity contribution in [3.05, 3.63) is 47.6 Å². The summed E-state index contributed by atoms with van der Waals surface area (Å²) < 4.78 is 5.58. The molecular weight excluding hydrogens is 452 g/mol. The molecule has 3 aromatic rings. The minimum atomic E-state index is 0.0415. The fourth-order valence-corrected chi connectivity index (χ4v) is 4.93. The first-order valence-corrected chi connectivity index (χ1v) is 12.4. The summed E-state index contributed by atoms with van der Waals surface area (Å²) in [5.74, 6) is 1.91. The summed E-state index contributed by atoms with van der Waals surface area (Å²) in [6.07, 6.45) is 5.90. The standard InChI is InChI=1S/C25H29ClN6O2/c26-20-6-3-5-19(17-20)22-29-25(34-30-22)21-7-4-10-27-23(21)32-14-8-18(9-15-32)24(33)28-11-16-31-12-1-2-13-31/h3-7,10,17-18H,1-2,8-9,11-16H2,(H,28,33). The highest BCUT2D eigenvalue weighted by molar-refractivity contribution is 6.30. The number of amides is 1. The van der Waals surface area contributed by atoms with Crippen molar-refractivity contribution >= 4 is 23.3 Å². The van der Waals surface area contributed by atoms with E-state index in [4.69, 9.17) is 16.1 Å². The highest BCUT2D eigenvalue weighted by Crippen LogP contribution is 2.32. The number of carbonyl (C=O) groups is 1. The van der Waals surface area contributed by atoms with Crippen molar-refractivity contribution in [1.29, 1.82) is 0 Å². The lowest BCUT2D eigenvalue weighted by Gasteiger charge is -2.33. The van der Waals surface area contributed by atoms with Gasteiger partial charge in [-0.3, -0.25) is 4.79 Å². The van der Waals surface area contributed by atoms with E-state index >= 15 is 0 Å². The molecule has 2 aromatic heterocycles. The predicted octanol–water partition coefficient (Wildman–Crippen LogP) is 3.88. The van der Waals surface area contributed by atoms with Gasteiger partial charge in [0.2, 0.25) is 11.7 Å². The maximum Gasteiger partial charge on any atom is 0.261 e. The number of hydrogen-bond donors (Lipinski definition) is 1. The molecule has 178 valence electrons. The van der Waals surface area contributed by atoms with Crippen LogP contribution in [0.15, 0.2) is 47.1 Å². The summed E-state index contributed by atoms with van der Waals surface area (Å²) in [5, 5.41) is 7.89. The van der Waals surface area contributed by atoms with Gasteiger partial charge in [0.1, 0.15) is 5.82 Å². The molecule has 0 atom stereocenters. The van der Waals surface area contributed by atoms with Gasteiger partial charge in [0.15, 0.2) is 0 Å². The Morgan fingerprint density at radius 2 is 1.94 bits per heavy atom. The predicted molar refractivity (Wildman–Crippen MR) is 132 cm³/mol. The van der Waals surface area contributed by atoms with Crippen LogP contribution in [0, 0.1) is 5.92 Å². The molecule has 2 aliphatic heterocycles. The van der Waals surface area contributed by atoms with Crippen LogP contribution < -0.4 is 10.2 Å². The van der Waals surface area contributed by atoms with Gasteiger partial charge in [-0.25, -0.2) is 4.98 Å². The van der Waals surface area contributed by atoms with Crippen molar-refractivity contribution in [2.45, 2.75) is 25.7 Å². The summed E-state index contributed by atoms with van der Waals surface area (Å²) >= 11 is 6.10. The average Bonchev–Trinajstić information content (AvgIpc) is 3.57. The van der Waals surface area contributed by atoms with Gasteiger partial charge < -0.3 is 19.6 Å². The first-order chi connectivity index (χ1) is 16.7. The van der Waals surface area contributed by atoms with E-state index in [1.54, 1.807) is 12.3 Å². The van der Waals surface area contributed by atoms with Crippen molar-refractivity contribution < 1.29 is 9.32 Å². The Balaban J connectivity index is 1.21. The number of hydrogen-bond acceptors (Lipinski definition) is 7. The van der Waals surface area contributed by atoms with Gasteiger partial charge >= 0.3 is 0 Å². The SMILES string of the molecule is O=C(NCCN1CCCC1)C1CCN(c2ncccc2-c2nc(-c3cccc(Cl)c3)no2)CC1. The van der Waals surface area contributed by atoms with E-state index in [1.165, 1.54) is 12.8 Å². The molecule has 0 saturated carbocycles. The lowest BCUT2D eigenvalue weighted by molar-refractivity contribution is -0.125. The molecule has 0 bridgehead atoms. The van der Waals surface area contributed by atoms with Gasteiger partial charge in [0.25, 0.3) is 5.89 Å². The van der Waals surface area contributed by atoms with Crippen molar-refractivity contribution in [2.75, 3.05) is 44.2 Å². The van der Waals surface area contributed by atoms with Crippen molar-refractivity contribution in [1.82, 2.24) is 25.3 Å². The molecular formula is C25H29ClN6O2. The Morgan fingerprint density at radius 1 is 1.12 bits per heavy atom. The highest BCUT2D eigenvalue weighted by Gasteiger charge is 2.28. The third-order valence-electron chi connectivity index (χ3n) is 6.62. The molecule has 2 fully saturated rings. The number of piperidine rings is 1. The quantitative estimate of drug-likeness (QED) is 0.549. The third-order valence-corrected chi connectivity index (χ3v) is 6.85. The zero-order valence-corrected chi connectivity index (χ0v) is 19.9. The minimum Gasteiger partial charge on any atom is -0.356 e. The molecule has 0 spiro atoms. The number of pyridine rings is 1. The highest BCUT2D eigenvalue weighted by atomic mass is 35.5. The monoisotopic (exact) mass is 480 g/mol. The normalized spacial score (nSPS) is 17.3. The number of rotatable bonds is 7. The van der Waals surface area contributed by atoms with Crippen molar-refractivity contribution in [3.63, 3.8) is 0 Å². The number of benzene rings is 1. The van der Waals surface area contributed by atoms with E-state index in [1.807, 2.05) is 30.3 Å². The molecule has 9 heteroatoms. The van der Waals surface area contributed by atoms with Gasteiger partial charge in [-0.2, -0.15) is 4.98 Å². The first kappa shape index (κ1) is 22.8. The molecule has 4 heterocycles. The van der Waals surface area contributed by atoms with Gasteiger partial charge in [0.05, 0.1) is 5.56 Å². The third kappa shape index (κ3) is 5.23. The molecule has 2 aliphatic rings. The molecule has 2 saturated heterocycles. The van der Waals surface area contributed by atoms with Crippen LogP contribution in [0.1, 0.15) is 25.7 Å². The average molecular weight is 481 g/mol. The Bertz CT molecular complexity index is 1120. The second-order valence-corrected chi connectivity index (χ2v) is 9.35. The smallest absolute Gasteiger partial charge is 0.261 e. The van der Waals surface area contributed by atoms with Crippen LogP contribution in [0.3, 0.4) is 0 Å². The second kappa shape index (κ2) is 10.5. The van der Waals surface area contributed by atoms with Gasteiger partial charge in [-0.15, -0.1) is 0 Å². The van der Waals surface area contributed by atoms with Crippen molar-refractivity contribution in [2.24, 2.45) is 5.92 Å². The molecule has 8 nitrogen and oxygen atoms in total. The van der Waals surface area contributed by atoms with Gasteiger partial charge in [-0.05, 0) is 63.0 Å². The Kier molecular flexibility index (Phi) is 7.06. The van der Waals surface area contributed by atoms with Crippen LogP contribution in [0.4, 0.5) is 5.82 Å². The van der Waals surface area contributed by atoms with Crippen molar-refractivity contribution in [3.8, 4) is 22.8 Å². The topological polar surface area (TPSA) is 87.4 Å². The first-order valence-electron chi connectivity index (χ1n) is 12.0. The second-order valence-electron chi connectivity index (χ2n) is 8.91. The Morgan fingerprint density at radius 3 is 2.74 bits per heavy atom. The molecule has 0 radical (unpaired) electrons. The number of aromatic nitrogens is 3. The van der Waals surface area contributed by atoms with Gasteiger partial charge in [-0.1, -0.05) is 28.9 Å². The molecule has 5 rings (SSSR count). The van der Waals surface area contributed by atoms with Gasteiger partial charge in [0, 0.05) is 48.9 Å². The van der Waals surface area contributed by atoms with Crippen LogP contribution in [0.25, 0.3) is 22.8 Å². The van der Waals surface area contributed by atoms with E-state index in [9.17, 15) is 4.79 Å². The maximum absolute atomic E-state index is 12.7. The Labute approximate surface area is 204 Å². The molecule has 0 aliphatic carbocycles. The summed E-state index contributed by atoms with van der Waals surface area (Å²) in [6.45, 7) is 5.49. The summed E-state index contributed by atoms with van der Waals surface area (Å²) in [6, 6.07) is 11.2. The van der Waals surface area contributed by atoms with Crippen LogP contribution in [0.5, 0.6) is 0 Å². The summed E-state index contributed by atoms with van der Waals surface area (Å²) in [7, 11) is 0. The minimum absolute atomic E-state index is 0.0415. The maximum atomic E-state index is 12.7. The molecule has 1 aromatic carbocycles. The number of carbonyl (C=O) groups excluding carboxylic acids is 1. The number of likely N-dealkylation sites (tertiary alicyclic amines) is 1. The zero-order chi connectivity index (χ0) is 23.3. The van der Waals surface area contributed by atoms with E-state index in [0.717, 1.165) is 69.1 Å². The van der Waals surface area contributed by atoms with E-state index in [0.29, 0.717) is 16.7 Å². The van der Waals surface area contributed by atoms with Crippen LogP contribution >= 0.6 is 11.6 Å². The fourth-order valence-electron chi connectivity index (χ4n) is 4.73. The van der Waals surface area contributed by atoms with E-state index < -0.39 is 0 Å². The number of nitrogens with zero attached hydrogens (tertiary/aromatic N) is 5. The molecule has 0 unspecified atom stereocenters. The molecule has 1 N–H and O–H groups in total. The lowest BCUT2D eigenvalue weighted by atomic mass is 9.95. The van der Waals surface area contributed by atoms with Crippen LogP contribution in [0.2, 0.25) is 5.02 Å². The summed E-state index contributed by atoms with van der Waals surface area (Å²) in [4.78, 5) is 26.5.